The van der Waals surface area contributed by atoms with Gasteiger partial charge in [0.1, 0.15) is 4.90 Å². The summed E-state index contributed by atoms with van der Waals surface area (Å²) < 4.78 is 25.8. The maximum atomic E-state index is 12.6. The second-order valence-corrected chi connectivity index (χ2v) is 8.57. The van der Waals surface area contributed by atoms with Gasteiger partial charge in [-0.25, -0.2) is 13.2 Å². The molecule has 28 heavy (non-hydrogen) atoms. The van der Waals surface area contributed by atoms with Crippen molar-refractivity contribution in [2.45, 2.75) is 11.3 Å². The van der Waals surface area contributed by atoms with Crippen LogP contribution in [0.4, 0.5) is 16.2 Å². The lowest BCUT2D eigenvalue weighted by Gasteiger charge is -2.18. The second kappa shape index (κ2) is 8.64. The molecule has 1 fully saturated rings. The summed E-state index contributed by atoms with van der Waals surface area (Å²) >= 11 is 9.29. The van der Waals surface area contributed by atoms with Crippen LogP contribution in [0.2, 0.25) is 5.02 Å². The first-order chi connectivity index (χ1) is 13.3. The SMILES string of the molecule is O=C(Nc1ccccc1Br)Nc1ccc(Cl)c(S(=O)(=O)NN2CCCO2)c1O. The third-order valence-corrected chi connectivity index (χ3v) is 6.21. The molecule has 1 saturated heterocycles. The van der Waals surface area contributed by atoms with Crippen molar-refractivity contribution in [3.8, 4) is 5.75 Å². The molecular formula is C16H16BrClN4O5S. The van der Waals surface area contributed by atoms with Gasteiger partial charge in [-0.3, -0.25) is 4.84 Å². The molecule has 12 heteroatoms. The Balaban J connectivity index is 1.82. The zero-order valence-corrected chi connectivity index (χ0v) is 17.4. The van der Waals surface area contributed by atoms with Crippen molar-refractivity contribution >= 4 is 55.0 Å². The van der Waals surface area contributed by atoms with Crippen LogP contribution in [0.5, 0.6) is 5.75 Å². The highest BCUT2D eigenvalue weighted by atomic mass is 79.9. The van der Waals surface area contributed by atoms with E-state index in [1.807, 2.05) is 0 Å². The van der Waals surface area contributed by atoms with E-state index in [1.54, 1.807) is 24.3 Å². The predicted molar refractivity (Wildman–Crippen MR) is 107 cm³/mol. The van der Waals surface area contributed by atoms with Crippen LogP contribution >= 0.6 is 27.5 Å². The van der Waals surface area contributed by atoms with E-state index in [9.17, 15) is 18.3 Å². The number of nitrogens with zero attached hydrogens (tertiary/aromatic N) is 1. The maximum Gasteiger partial charge on any atom is 0.323 e. The Morgan fingerprint density at radius 3 is 2.57 bits per heavy atom. The van der Waals surface area contributed by atoms with E-state index in [0.29, 0.717) is 29.7 Å². The zero-order chi connectivity index (χ0) is 20.3. The molecule has 0 radical (unpaired) electrons. The molecule has 0 bridgehead atoms. The van der Waals surface area contributed by atoms with Crippen LogP contribution in [-0.4, -0.2) is 37.9 Å². The van der Waals surface area contributed by atoms with Gasteiger partial charge in [-0.05, 0) is 46.6 Å². The number of benzene rings is 2. The van der Waals surface area contributed by atoms with Gasteiger partial charge < -0.3 is 15.7 Å². The van der Waals surface area contributed by atoms with E-state index in [2.05, 4.69) is 31.4 Å². The summed E-state index contributed by atoms with van der Waals surface area (Å²) in [6.45, 7) is 0.725. The fourth-order valence-corrected chi connectivity index (χ4v) is 4.47. The van der Waals surface area contributed by atoms with E-state index < -0.39 is 26.7 Å². The number of para-hydroxylation sites is 1. The highest BCUT2D eigenvalue weighted by molar-refractivity contribution is 9.10. The number of anilines is 2. The van der Waals surface area contributed by atoms with Gasteiger partial charge in [0.15, 0.2) is 5.75 Å². The maximum absolute atomic E-state index is 12.6. The van der Waals surface area contributed by atoms with Crippen molar-refractivity contribution in [2.75, 3.05) is 23.8 Å². The summed E-state index contributed by atoms with van der Waals surface area (Å²) in [5, 5.41) is 16.3. The average Bonchev–Trinajstić information content (AvgIpc) is 3.11. The van der Waals surface area contributed by atoms with Crippen LogP contribution in [-0.2, 0) is 14.9 Å². The van der Waals surface area contributed by atoms with Crippen LogP contribution in [0.3, 0.4) is 0 Å². The Labute approximate surface area is 174 Å². The minimum absolute atomic E-state index is 0.128. The quantitative estimate of drug-likeness (QED) is 0.477. The number of aromatic hydroxyl groups is 1. The molecule has 0 atom stereocenters. The average molecular weight is 492 g/mol. The zero-order valence-electron chi connectivity index (χ0n) is 14.3. The van der Waals surface area contributed by atoms with Gasteiger partial charge in [0, 0.05) is 11.0 Å². The Morgan fingerprint density at radius 2 is 1.89 bits per heavy atom. The first kappa shape index (κ1) is 20.8. The Hall–Kier alpha value is -1.89. The number of carbonyl (C=O) groups excluding carboxylic acids is 1. The molecule has 0 aromatic heterocycles. The second-order valence-electron chi connectivity index (χ2n) is 5.72. The van der Waals surface area contributed by atoms with Crippen LogP contribution in [0.1, 0.15) is 6.42 Å². The number of sulfonamides is 1. The summed E-state index contributed by atoms with van der Waals surface area (Å²) in [4.78, 5) is 18.9. The van der Waals surface area contributed by atoms with E-state index in [-0.39, 0.29) is 10.7 Å². The number of nitrogens with one attached hydrogen (secondary N) is 3. The topological polar surface area (TPSA) is 120 Å². The number of rotatable bonds is 5. The fourth-order valence-electron chi connectivity index (χ4n) is 2.44. The lowest BCUT2D eigenvalue weighted by atomic mass is 10.3. The number of phenolic OH excluding ortho intramolecular Hbond substituents is 1. The number of hydrogen-bond acceptors (Lipinski definition) is 6. The Morgan fingerprint density at radius 1 is 1.18 bits per heavy atom. The number of urea groups is 1. The van der Waals surface area contributed by atoms with Gasteiger partial charge in [0.05, 0.1) is 23.0 Å². The van der Waals surface area contributed by atoms with Gasteiger partial charge in [-0.1, -0.05) is 23.7 Å². The van der Waals surface area contributed by atoms with Crippen molar-refractivity contribution in [3.63, 3.8) is 0 Å². The van der Waals surface area contributed by atoms with Crippen LogP contribution in [0, 0.1) is 0 Å². The van der Waals surface area contributed by atoms with Gasteiger partial charge in [-0.15, -0.1) is 10.0 Å². The number of hydrazine groups is 1. The first-order valence-electron chi connectivity index (χ1n) is 8.05. The normalized spacial score (nSPS) is 14.8. The molecule has 2 aromatic rings. The number of hydroxylamine groups is 1. The van der Waals surface area contributed by atoms with Crippen molar-refractivity contribution in [1.82, 2.24) is 10.0 Å². The minimum atomic E-state index is -4.24. The lowest BCUT2D eigenvalue weighted by molar-refractivity contribution is -0.129. The molecular weight excluding hydrogens is 476 g/mol. The monoisotopic (exact) mass is 490 g/mol. The summed E-state index contributed by atoms with van der Waals surface area (Å²) in [5.41, 5.74) is 0.366. The van der Waals surface area contributed by atoms with Gasteiger partial charge in [0.2, 0.25) is 0 Å². The molecule has 1 aliphatic heterocycles. The summed E-state index contributed by atoms with van der Waals surface area (Å²) in [6.07, 6.45) is 0.652. The lowest BCUT2D eigenvalue weighted by Crippen LogP contribution is -2.39. The van der Waals surface area contributed by atoms with E-state index in [0.717, 1.165) is 5.17 Å². The van der Waals surface area contributed by atoms with Gasteiger partial charge in [0.25, 0.3) is 10.0 Å². The van der Waals surface area contributed by atoms with Crippen LogP contribution in [0.25, 0.3) is 0 Å². The molecule has 2 aromatic carbocycles. The van der Waals surface area contributed by atoms with Gasteiger partial charge in [-0.2, -0.15) is 0 Å². The Kier molecular flexibility index (Phi) is 6.43. The van der Waals surface area contributed by atoms with Crippen molar-refractivity contribution in [3.05, 3.63) is 45.9 Å². The smallest absolute Gasteiger partial charge is 0.323 e. The fraction of sp³-hybridized carbons (Fsp3) is 0.188. The van der Waals surface area contributed by atoms with Crippen LogP contribution < -0.4 is 15.5 Å². The molecule has 0 unspecified atom stereocenters. The number of hydrogen-bond donors (Lipinski definition) is 4. The molecule has 0 saturated carbocycles. The number of phenols is 1. The van der Waals surface area contributed by atoms with E-state index >= 15 is 0 Å². The van der Waals surface area contributed by atoms with Crippen molar-refractivity contribution in [1.29, 1.82) is 0 Å². The van der Waals surface area contributed by atoms with E-state index in [1.165, 1.54) is 12.1 Å². The summed E-state index contributed by atoms with van der Waals surface area (Å²) in [7, 11) is -4.24. The third-order valence-electron chi connectivity index (χ3n) is 3.70. The van der Waals surface area contributed by atoms with Crippen molar-refractivity contribution < 1.29 is 23.2 Å². The molecule has 0 aliphatic carbocycles. The van der Waals surface area contributed by atoms with Gasteiger partial charge >= 0.3 is 6.03 Å². The third kappa shape index (κ3) is 4.74. The standard InChI is InChI=1S/C16H16BrClN4O5S/c17-10-4-1-2-5-12(10)19-16(24)20-13-7-6-11(18)15(14(13)23)28(25,26)21-22-8-3-9-27-22/h1-2,4-7,21,23H,3,8-9H2,(H2,19,20,24). The highest BCUT2D eigenvalue weighted by Crippen LogP contribution is 2.37. The molecule has 150 valence electrons. The molecule has 0 spiro atoms. The predicted octanol–water partition coefficient (Wildman–Crippen LogP) is 3.28. The molecule has 1 heterocycles. The van der Waals surface area contributed by atoms with Crippen molar-refractivity contribution in [2.24, 2.45) is 0 Å². The first-order valence-corrected chi connectivity index (χ1v) is 10.7. The molecule has 4 N–H and O–H groups in total. The number of halogens is 2. The largest absolute Gasteiger partial charge is 0.504 e. The summed E-state index contributed by atoms with van der Waals surface area (Å²) in [6, 6.07) is 8.80. The number of amides is 2. The highest BCUT2D eigenvalue weighted by Gasteiger charge is 2.29. The molecule has 3 rings (SSSR count). The number of carbonyl (C=O) groups is 1. The minimum Gasteiger partial charge on any atom is -0.504 e. The van der Waals surface area contributed by atoms with Crippen LogP contribution in [0.15, 0.2) is 45.8 Å². The van der Waals surface area contributed by atoms with E-state index in [4.69, 9.17) is 16.4 Å². The molecule has 9 nitrogen and oxygen atoms in total. The molecule has 1 aliphatic rings. The summed E-state index contributed by atoms with van der Waals surface area (Å²) in [5.74, 6) is -0.693. The Bertz CT molecular complexity index is 999. The molecule has 2 amide bonds.